The van der Waals surface area contributed by atoms with Crippen LogP contribution in [0.1, 0.15) is 13.3 Å². The van der Waals surface area contributed by atoms with E-state index in [-0.39, 0.29) is 6.61 Å². The molecule has 0 aliphatic heterocycles. The lowest BCUT2D eigenvalue weighted by Gasteiger charge is -2.17. The highest BCUT2D eigenvalue weighted by Crippen LogP contribution is 2.50. The molecule has 86 valence electrons. The van der Waals surface area contributed by atoms with Gasteiger partial charge in [-0.1, -0.05) is 6.92 Å². The average molecular weight is 236 g/mol. The molecule has 0 aliphatic carbocycles. The van der Waals surface area contributed by atoms with Crippen LogP contribution in [0.4, 0.5) is 13.2 Å². The molecule has 8 heteroatoms. The lowest BCUT2D eigenvalue weighted by atomic mass is 10.5. The van der Waals surface area contributed by atoms with Crippen LogP contribution in [-0.2, 0) is 18.1 Å². The summed E-state index contributed by atoms with van der Waals surface area (Å²) in [7, 11) is -3.26. The van der Waals surface area contributed by atoms with Gasteiger partial charge in [-0.2, -0.15) is 0 Å². The second-order valence-electron chi connectivity index (χ2n) is 2.25. The summed E-state index contributed by atoms with van der Waals surface area (Å²) < 4.78 is 59.4. The SMILES string of the molecule is CCCOP(=O)(OC)OC(F)C(F)F. The number of alkyl halides is 3. The zero-order chi connectivity index (χ0) is 11.2. The van der Waals surface area contributed by atoms with Gasteiger partial charge in [0.2, 0.25) is 0 Å². The summed E-state index contributed by atoms with van der Waals surface area (Å²) in [6.45, 7) is 1.67. The number of rotatable bonds is 7. The fraction of sp³-hybridized carbons (Fsp3) is 1.00. The largest absolute Gasteiger partial charge is 0.477 e. The number of hydrogen-bond donors (Lipinski definition) is 0. The first-order valence-electron chi connectivity index (χ1n) is 3.86. The van der Waals surface area contributed by atoms with Gasteiger partial charge >= 0.3 is 7.82 Å². The van der Waals surface area contributed by atoms with Crippen LogP contribution in [0, 0.1) is 0 Å². The molecule has 0 saturated carbocycles. The van der Waals surface area contributed by atoms with Gasteiger partial charge in [0.15, 0.2) is 0 Å². The van der Waals surface area contributed by atoms with Gasteiger partial charge in [0.1, 0.15) is 0 Å². The van der Waals surface area contributed by atoms with Crippen LogP contribution in [0.2, 0.25) is 0 Å². The first-order chi connectivity index (χ1) is 6.45. The van der Waals surface area contributed by atoms with Gasteiger partial charge in [0.05, 0.1) is 6.61 Å². The van der Waals surface area contributed by atoms with Crippen molar-refractivity contribution in [3.63, 3.8) is 0 Å². The molecule has 0 heterocycles. The monoisotopic (exact) mass is 236 g/mol. The predicted molar refractivity (Wildman–Crippen MR) is 42.8 cm³/mol. The molecule has 4 nitrogen and oxygen atoms in total. The molecule has 0 bridgehead atoms. The van der Waals surface area contributed by atoms with Gasteiger partial charge < -0.3 is 0 Å². The highest BCUT2D eigenvalue weighted by atomic mass is 31.2. The van der Waals surface area contributed by atoms with Crippen LogP contribution < -0.4 is 0 Å². The van der Waals surface area contributed by atoms with Crippen molar-refractivity contribution < 1.29 is 31.3 Å². The first-order valence-corrected chi connectivity index (χ1v) is 5.32. The van der Waals surface area contributed by atoms with Crippen molar-refractivity contribution in [1.82, 2.24) is 0 Å². The minimum atomic E-state index is -4.18. The summed E-state index contributed by atoms with van der Waals surface area (Å²) in [6.07, 6.45) is -5.89. The van der Waals surface area contributed by atoms with Crippen LogP contribution in [0.3, 0.4) is 0 Å². The molecule has 14 heavy (non-hydrogen) atoms. The van der Waals surface area contributed by atoms with Crippen LogP contribution in [0.5, 0.6) is 0 Å². The maximum Gasteiger partial charge on any atom is 0.477 e. The maximum atomic E-state index is 12.3. The van der Waals surface area contributed by atoms with E-state index in [9.17, 15) is 17.7 Å². The number of hydrogen-bond acceptors (Lipinski definition) is 4. The third-order valence-electron chi connectivity index (χ3n) is 1.11. The smallest absolute Gasteiger partial charge is 0.290 e. The van der Waals surface area contributed by atoms with Gasteiger partial charge in [0.25, 0.3) is 12.8 Å². The van der Waals surface area contributed by atoms with Crippen molar-refractivity contribution in [3.05, 3.63) is 0 Å². The van der Waals surface area contributed by atoms with Crippen molar-refractivity contribution in [2.75, 3.05) is 13.7 Å². The molecule has 0 aromatic rings. The van der Waals surface area contributed by atoms with E-state index >= 15 is 0 Å². The first kappa shape index (κ1) is 13.9. The van der Waals surface area contributed by atoms with E-state index in [1.165, 1.54) is 0 Å². The number of phosphoric ester groups is 1. The van der Waals surface area contributed by atoms with Gasteiger partial charge in [-0.15, -0.1) is 0 Å². The van der Waals surface area contributed by atoms with E-state index in [1.54, 1.807) is 6.92 Å². The van der Waals surface area contributed by atoms with Crippen LogP contribution in [0.25, 0.3) is 0 Å². The minimum absolute atomic E-state index is 0.0267. The van der Waals surface area contributed by atoms with Gasteiger partial charge in [-0.05, 0) is 6.42 Å². The molecule has 0 fully saturated rings. The molecular weight excluding hydrogens is 224 g/mol. The molecule has 0 amide bonds. The summed E-state index contributed by atoms with van der Waals surface area (Å²) in [5.41, 5.74) is 0. The van der Waals surface area contributed by atoms with Crippen LogP contribution in [0.15, 0.2) is 0 Å². The van der Waals surface area contributed by atoms with Crippen molar-refractivity contribution in [3.8, 4) is 0 Å². The van der Waals surface area contributed by atoms with Crippen molar-refractivity contribution >= 4 is 7.82 Å². The molecule has 2 atom stereocenters. The van der Waals surface area contributed by atoms with Gasteiger partial charge in [0, 0.05) is 7.11 Å². The van der Waals surface area contributed by atoms with Crippen molar-refractivity contribution in [2.24, 2.45) is 0 Å². The summed E-state index contributed by atoms with van der Waals surface area (Å²) in [6, 6.07) is 0. The molecule has 0 spiro atoms. The standard InChI is InChI=1S/C6H12F3O4P/c1-3-4-12-14(10,11-2)13-6(9)5(7)8/h5-6H,3-4H2,1-2H3. The van der Waals surface area contributed by atoms with E-state index < -0.39 is 20.6 Å². The Morgan fingerprint density at radius 2 is 1.93 bits per heavy atom. The third-order valence-corrected chi connectivity index (χ3v) is 2.51. The summed E-state index contributed by atoms with van der Waals surface area (Å²) >= 11 is 0. The highest BCUT2D eigenvalue weighted by molar-refractivity contribution is 7.48. The quantitative estimate of drug-likeness (QED) is 0.637. The van der Waals surface area contributed by atoms with Gasteiger partial charge in [-0.25, -0.2) is 22.3 Å². The van der Waals surface area contributed by atoms with Gasteiger partial charge in [-0.3, -0.25) is 9.05 Å². The Morgan fingerprint density at radius 3 is 2.29 bits per heavy atom. The second kappa shape index (κ2) is 6.40. The molecular formula is C6H12F3O4P. The molecule has 0 N–H and O–H groups in total. The highest BCUT2D eigenvalue weighted by Gasteiger charge is 2.33. The van der Waals surface area contributed by atoms with E-state index in [0.717, 1.165) is 7.11 Å². The lowest BCUT2D eigenvalue weighted by molar-refractivity contribution is -0.0845. The zero-order valence-corrected chi connectivity index (χ0v) is 8.68. The normalized spacial score (nSPS) is 18.1. The fourth-order valence-corrected chi connectivity index (χ4v) is 1.50. The predicted octanol–water partition coefficient (Wildman–Crippen LogP) is 2.74. The molecule has 2 unspecified atom stereocenters. The molecule has 0 rings (SSSR count). The summed E-state index contributed by atoms with van der Waals surface area (Å²) in [5, 5.41) is 0. The second-order valence-corrected chi connectivity index (χ2v) is 3.98. The van der Waals surface area contributed by atoms with Crippen LogP contribution in [-0.4, -0.2) is 26.5 Å². The summed E-state index contributed by atoms with van der Waals surface area (Å²) in [4.78, 5) is 0. The molecule has 0 aromatic carbocycles. The molecule has 0 radical (unpaired) electrons. The van der Waals surface area contributed by atoms with Crippen molar-refractivity contribution in [2.45, 2.75) is 26.1 Å². The third kappa shape index (κ3) is 4.95. The van der Waals surface area contributed by atoms with Crippen molar-refractivity contribution in [1.29, 1.82) is 0 Å². The molecule has 0 saturated heterocycles. The molecule has 0 aliphatic rings. The zero-order valence-electron chi connectivity index (χ0n) is 7.78. The average Bonchev–Trinajstić information content (AvgIpc) is 2.14. The Bertz CT molecular complexity index is 202. The molecule has 0 aromatic heterocycles. The van der Waals surface area contributed by atoms with E-state index in [0.29, 0.717) is 6.42 Å². The lowest BCUT2D eigenvalue weighted by Crippen LogP contribution is -2.16. The fourth-order valence-electron chi connectivity index (χ4n) is 0.499. The Labute approximate surface area is 80.0 Å². The van der Waals surface area contributed by atoms with E-state index in [4.69, 9.17) is 0 Å². The number of halogens is 3. The topological polar surface area (TPSA) is 44.8 Å². The maximum absolute atomic E-state index is 12.3. The Morgan fingerprint density at radius 1 is 1.36 bits per heavy atom. The Kier molecular flexibility index (Phi) is 6.35. The Balaban J connectivity index is 4.17. The van der Waals surface area contributed by atoms with E-state index in [2.05, 4.69) is 13.6 Å². The van der Waals surface area contributed by atoms with E-state index in [1.807, 2.05) is 0 Å². The summed E-state index contributed by atoms with van der Waals surface area (Å²) in [5.74, 6) is 0. The minimum Gasteiger partial charge on any atom is -0.290 e. The number of phosphoric acid groups is 1. The van der Waals surface area contributed by atoms with Crippen LogP contribution >= 0.6 is 7.82 Å². The Hall–Kier alpha value is -0.100.